The summed E-state index contributed by atoms with van der Waals surface area (Å²) in [6.45, 7) is 6.58. The van der Waals surface area contributed by atoms with Crippen LogP contribution in [-0.2, 0) is 0 Å². The molecule has 0 unspecified atom stereocenters. The molecule has 5 nitrogen and oxygen atoms in total. The Hall–Kier alpha value is -2.83. The molecule has 2 rings (SSSR count). The van der Waals surface area contributed by atoms with Gasteiger partial charge in [0.1, 0.15) is 25.5 Å². The molecule has 1 aromatic carbocycles. The number of nitrogens with zero attached hydrogens (tertiary/aromatic N) is 3. The molecule has 0 amide bonds. The molecule has 0 spiro atoms. The summed E-state index contributed by atoms with van der Waals surface area (Å²) in [4.78, 5) is 7.93. The van der Waals surface area contributed by atoms with Crippen LogP contribution >= 0.6 is 0 Å². The summed E-state index contributed by atoms with van der Waals surface area (Å²) in [5.41, 5.74) is 17.0. The lowest BCUT2D eigenvalue weighted by atomic mass is 10.1. The first-order valence-corrected chi connectivity index (χ1v) is 10.3. The van der Waals surface area contributed by atoms with Crippen LogP contribution in [0, 0.1) is 22.8 Å². The molecule has 0 atom stereocenters. The second kappa shape index (κ2) is 5.88. The van der Waals surface area contributed by atoms with E-state index < -0.39 is 8.07 Å². The van der Waals surface area contributed by atoms with Crippen LogP contribution in [0.15, 0.2) is 24.3 Å². The van der Waals surface area contributed by atoms with Gasteiger partial charge in [-0.05, 0) is 12.1 Å². The average Bonchev–Trinajstić information content (AvgIpc) is 2.44. The van der Waals surface area contributed by atoms with E-state index in [1.807, 2.05) is 30.3 Å². The molecule has 4 N–H and O–H groups in total. The summed E-state index contributed by atoms with van der Waals surface area (Å²) >= 11 is 0. The van der Waals surface area contributed by atoms with Gasteiger partial charge in [0.25, 0.3) is 0 Å². The Morgan fingerprint density at radius 2 is 1.68 bits per heavy atom. The van der Waals surface area contributed by atoms with Crippen LogP contribution < -0.4 is 11.5 Å². The number of nitriles is 1. The topological polar surface area (TPSA) is 102 Å². The highest BCUT2D eigenvalue weighted by Gasteiger charge is 2.13. The number of benzene rings is 1. The van der Waals surface area contributed by atoms with E-state index in [1.165, 1.54) is 0 Å². The zero-order chi connectivity index (χ0) is 16.3. The van der Waals surface area contributed by atoms with Gasteiger partial charge in [0.15, 0.2) is 0 Å². The number of hydrogen-bond donors (Lipinski definition) is 2. The van der Waals surface area contributed by atoms with Gasteiger partial charge in [0.05, 0.1) is 5.69 Å². The number of aromatic nitrogens is 2. The fraction of sp³-hybridized carbons (Fsp3) is 0.188. The predicted molar refractivity (Wildman–Crippen MR) is 91.2 cm³/mol. The van der Waals surface area contributed by atoms with Gasteiger partial charge in [-0.25, -0.2) is 4.98 Å². The molecule has 0 fully saturated rings. The molecule has 1 aromatic heterocycles. The van der Waals surface area contributed by atoms with E-state index in [2.05, 4.69) is 41.1 Å². The molecule has 6 heteroatoms. The first-order valence-electron chi connectivity index (χ1n) is 6.77. The lowest BCUT2D eigenvalue weighted by molar-refractivity contribution is 1.18. The molecule has 0 saturated heterocycles. The van der Waals surface area contributed by atoms with Crippen LogP contribution in [0.2, 0.25) is 19.6 Å². The Kier molecular flexibility index (Phi) is 4.16. The Morgan fingerprint density at radius 3 is 2.23 bits per heavy atom. The second-order valence-corrected chi connectivity index (χ2v) is 10.6. The Bertz CT molecular complexity index is 802. The van der Waals surface area contributed by atoms with Crippen LogP contribution in [0.1, 0.15) is 11.1 Å². The molecular weight excluding hydrogens is 290 g/mol. The molecule has 0 radical (unpaired) electrons. The van der Waals surface area contributed by atoms with E-state index in [4.69, 9.17) is 11.5 Å². The molecule has 0 saturated carbocycles. The number of nitrogens with two attached hydrogens (primary N) is 2. The summed E-state index contributed by atoms with van der Waals surface area (Å²) in [5, 5.41) is 9.21. The first kappa shape index (κ1) is 15.6. The van der Waals surface area contributed by atoms with Gasteiger partial charge in [-0.1, -0.05) is 37.7 Å². The Morgan fingerprint density at radius 1 is 1.05 bits per heavy atom. The summed E-state index contributed by atoms with van der Waals surface area (Å²) in [7, 11) is -1.41. The highest BCUT2D eigenvalue weighted by molar-refractivity contribution is 6.83. The third-order valence-corrected chi connectivity index (χ3v) is 3.68. The normalized spacial score (nSPS) is 10.5. The Labute approximate surface area is 131 Å². The van der Waals surface area contributed by atoms with E-state index in [0.29, 0.717) is 5.69 Å². The molecule has 1 heterocycles. The van der Waals surface area contributed by atoms with E-state index >= 15 is 0 Å². The molecular formula is C16H17N5Si. The van der Waals surface area contributed by atoms with Crippen LogP contribution in [0.3, 0.4) is 0 Å². The van der Waals surface area contributed by atoms with Crippen LogP contribution in [0.5, 0.6) is 0 Å². The van der Waals surface area contributed by atoms with Gasteiger partial charge in [-0.2, -0.15) is 10.2 Å². The van der Waals surface area contributed by atoms with Crippen molar-refractivity contribution in [3.8, 4) is 28.8 Å². The summed E-state index contributed by atoms with van der Waals surface area (Å²) in [6.07, 6.45) is 0. The van der Waals surface area contributed by atoms with Crippen molar-refractivity contribution in [3.05, 3.63) is 35.4 Å². The lowest BCUT2D eigenvalue weighted by Crippen LogP contribution is -2.16. The average molecular weight is 307 g/mol. The van der Waals surface area contributed by atoms with Crippen LogP contribution in [0.4, 0.5) is 11.8 Å². The van der Waals surface area contributed by atoms with Gasteiger partial charge >= 0.3 is 0 Å². The fourth-order valence-corrected chi connectivity index (χ4v) is 2.31. The molecule has 22 heavy (non-hydrogen) atoms. The maximum atomic E-state index is 9.21. The first-order chi connectivity index (χ1) is 10.3. The van der Waals surface area contributed by atoms with Crippen LogP contribution in [-0.4, -0.2) is 18.0 Å². The monoisotopic (exact) mass is 307 g/mol. The van der Waals surface area contributed by atoms with Gasteiger partial charge in [0.2, 0.25) is 5.95 Å². The zero-order valence-electron chi connectivity index (χ0n) is 12.8. The SMILES string of the molecule is C[Si](C)(C)C#Cc1ccc(-c2nc(N)nc(N)c2C#N)cc1. The van der Waals surface area contributed by atoms with Crippen LogP contribution in [0.25, 0.3) is 11.3 Å². The zero-order valence-corrected chi connectivity index (χ0v) is 13.8. The van der Waals surface area contributed by atoms with E-state index in [9.17, 15) is 5.26 Å². The molecule has 0 aliphatic heterocycles. The van der Waals surface area contributed by atoms with Gasteiger partial charge in [-0.3, -0.25) is 0 Å². The summed E-state index contributed by atoms with van der Waals surface area (Å²) < 4.78 is 0. The highest BCUT2D eigenvalue weighted by atomic mass is 28.3. The van der Waals surface area contributed by atoms with Crippen molar-refractivity contribution in [2.45, 2.75) is 19.6 Å². The van der Waals surface area contributed by atoms with Crippen molar-refractivity contribution in [2.75, 3.05) is 11.5 Å². The third-order valence-electron chi connectivity index (χ3n) is 2.81. The minimum absolute atomic E-state index is 0.0501. The van der Waals surface area contributed by atoms with Crippen molar-refractivity contribution in [1.82, 2.24) is 9.97 Å². The smallest absolute Gasteiger partial charge is 0.222 e. The van der Waals surface area contributed by atoms with Crippen molar-refractivity contribution in [2.24, 2.45) is 0 Å². The number of rotatable bonds is 1. The molecule has 2 aromatic rings. The van der Waals surface area contributed by atoms with E-state index in [-0.39, 0.29) is 17.3 Å². The highest BCUT2D eigenvalue weighted by Crippen LogP contribution is 2.25. The standard InChI is InChI=1S/C16H17N5Si/c1-22(2,3)9-8-11-4-6-12(7-5-11)14-13(10-17)15(18)21-16(19)20-14/h4-7H,1-3H3,(H4,18,19,20,21). The Balaban J connectivity index is 2.44. The third kappa shape index (κ3) is 3.63. The molecule has 0 aliphatic rings. The predicted octanol–water partition coefficient (Wildman–Crippen LogP) is 2.41. The van der Waals surface area contributed by atoms with Crippen molar-refractivity contribution in [1.29, 1.82) is 5.26 Å². The molecule has 0 bridgehead atoms. The van der Waals surface area contributed by atoms with E-state index in [1.54, 1.807) is 0 Å². The van der Waals surface area contributed by atoms with Crippen molar-refractivity contribution in [3.63, 3.8) is 0 Å². The van der Waals surface area contributed by atoms with Gasteiger partial charge in [0, 0.05) is 11.1 Å². The lowest BCUT2D eigenvalue weighted by Gasteiger charge is -2.07. The minimum atomic E-state index is -1.41. The van der Waals surface area contributed by atoms with Gasteiger partial charge in [-0.15, -0.1) is 5.54 Å². The molecule has 110 valence electrons. The number of hydrogen-bond acceptors (Lipinski definition) is 5. The van der Waals surface area contributed by atoms with Crippen molar-refractivity contribution >= 4 is 19.8 Å². The molecule has 0 aliphatic carbocycles. The quantitative estimate of drug-likeness (QED) is 0.622. The largest absolute Gasteiger partial charge is 0.382 e. The van der Waals surface area contributed by atoms with Gasteiger partial charge < -0.3 is 11.5 Å². The van der Waals surface area contributed by atoms with E-state index in [0.717, 1.165) is 11.1 Å². The minimum Gasteiger partial charge on any atom is -0.382 e. The second-order valence-electron chi connectivity index (χ2n) is 5.88. The maximum Gasteiger partial charge on any atom is 0.222 e. The van der Waals surface area contributed by atoms with Crippen molar-refractivity contribution < 1.29 is 0 Å². The number of nitrogen functional groups attached to an aromatic ring is 2. The maximum absolute atomic E-state index is 9.21. The number of anilines is 2. The fourth-order valence-electron chi connectivity index (χ4n) is 1.79. The summed E-state index contributed by atoms with van der Waals surface area (Å²) in [5.74, 6) is 3.32. The summed E-state index contributed by atoms with van der Waals surface area (Å²) in [6, 6.07) is 9.54.